The van der Waals surface area contributed by atoms with Gasteiger partial charge in [0.15, 0.2) is 11.0 Å². The van der Waals surface area contributed by atoms with E-state index in [2.05, 4.69) is 29.4 Å². The first-order valence-electron chi connectivity index (χ1n) is 11.7. The molecule has 1 heterocycles. The molecule has 0 radical (unpaired) electrons. The number of carbonyl (C=O) groups is 1. The monoisotopic (exact) mass is 502 g/mol. The van der Waals surface area contributed by atoms with Crippen LogP contribution in [0.2, 0.25) is 0 Å². The summed E-state index contributed by atoms with van der Waals surface area (Å²) in [5, 5.41) is 12.7. The molecule has 1 N–H and O–H groups in total. The van der Waals surface area contributed by atoms with Crippen LogP contribution in [-0.4, -0.2) is 41.4 Å². The average Bonchev–Trinajstić information content (AvgIpc) is 3.34. The molecule has 0 aliphatic carbocycles. The van der Waals surface area contributed by atoms with E-state index in [1.807, 2.05) is 77.4 Å². The second-order valence-corrected chi connectivity index (χ2v) is 9.58. The van der Waals surface area contributed by atoms with Crippen molar-refractivity contribution in [3.8, 4) is 28.6 Å². The number of para-hydroxylation sites is 2. The number of hydrogen-bond acceptors (Lipinski definition) is 6. The van der Waals surface area contributed by atoms with Gasteiger partial charge in [0, 0.05) is 23.4 Å². The third-order valence-electron chi connectivity index (χ3n) is 5.54. The van der Waals surface area contributed by atoms with Gasteiger partial charge in [-0.2, -0.15) is 0 Å². The lowest BCUT2D eigenvalue weighted by Crippen LogP contribution is -2.27. The largest absolute Gasteiger partial charge is 0.497 e. The van der Waals surface area contributed by atoms with Crippen molar-refractivity contribution < 1.29 is 14.3 Å². The molecule has 0 aliphatic rings. The molecule has 7 nitrogen and oxygen atoms in total. The summed E-state index contributed by atoms with van der Waals surface area (Å²) in [6.07, 6.45) is 0. The highest BCUT2D eigenvalue weighted by molar-refractivity contribution is 7.98. The van der Waals surface area contributed by atoms with Crippen LogP contribution in [0.4, 0.5) is 0 Å². The van der Waals surface area contributed by atoms with Crippen molar-refractivity contribution in [1.82, 2.24) is 20.1 Å². The Kier molecular flexibility index (Phi) is 8.28. The number of benzene rings is 3. The summed E-state index contributed by atoms with van der Waals surface area (Å²) in [4.78, 5) is 12.3. The Balaban J connectivity index is 1.61. The summed E-state index contributed by atoms with van der Waals surface area (Å²) in [5.41, 5.74) is 3.47. The summed E-state index contributed by atoms with van der Waals surface area (Å²) in [7, 11) is 3.30. The molecule has 36 heavy (non-hydrogen) atoms. The minimum Gasteiger partial charge on any atom is -0.497 e. The summed E-state index contributed by atoms with van der Waals surface area (Å²) >= 11 is 1.57. The second-order valence-electron chi connectivity index (χ2n) is 8.63. The van der Waals surface area contributed by atoms with Crippen molar-refractivity contribution in [2.45, 2.75) is 24.8 Å². The molecule has 0 fully saturated rings. The average molecular weight is 503 g/mol. The third kappa shape index (κ3) is 5.88. The van der Waals surface area contributed by atoms with Crippen LogP contribution in [0, 0.1) is 5.92 Å². The lowest BCUT2D eigenvalue weighted by Gasteiger charge is -2.14. The van der Waals surface area contributed by atoms with Crippen LogP contribution in [0.15, 0.2) is 78.0 Å². The molecular weight excluding hydrogens is 472 g/mol. The highest BCUT2D eigenvalue weighted by Crippen LogP contribution is 2.34. The van der Waals surface area contributed by atoms with Crippen molar-refractivity contribution in [2.24, 2.45) is 5.92 Å². The van der Waals surface area contributed by atoms with E-state index in [-0.39, 0.29) is 5.91 Å². The topological polar surface area (TPSA) is 78.3 Å². The van der Waals surface area contributed by atoms with Gasteiger partial charge in [0.1, 0.15) is 11.5 Å². The molecule has 8 heteroatoms. The van der Waals surface area contributed by atoms with E-state index in [0.717, 1.165) is 33.5 Å². The zero-order valence-corrected chi connectivity index (χ0v) is 21.7. The van der Waals surface area contributed by atoms with Gasteiger partial charge in [-0.15, -0.1) is 10.2 Å². The number of ether oxygens (including phenoxy) is 2. The van der Waals surface area contributed by atoms with Gasteiger partial charge in [-0.1, -0.05) is 62.0 Å². The van der Waals surface area contributed by atoms with E-state index in [4.69, 9.17) is 9.47 Å². The first-order chi connectivity index (χ1) is 17.5. The van der Waals surface area contributed by atoms with Gasteiger partial charge in [-0.05, 0) is 47.9 Å². The van der Waals surface area contributed by atoms with Gasteiger partial charge in [0.2, 0.25) is 0 Å². The molecule has 1 amide bonds. The first kappa shape index (κ1) is 25.3. The number of rotatable bonds is 10. The number of hydrogen-bond donors (Lipinski definition) is 1. The Morgan fingerprint density at radius 2 is 1.75 bits per heavy atom. The van der Waals surface area contributed by atoms with Crippen molar-refractivity contribution in [3.63, 3.8) is 0 Å². The molecule has 0 saturated carbocycles. The number of amides is 1. The van der Waals surface area contributed by atoms with Crippen LogP contribution >= 0.6 is 11.8 Å². The predicted octanol–water partition coefficient (Wildman–Crippen LogP) is 5.63. The number of nitrogens with zero attached hydrogens (tertiary/aromatic N) is 3. The van der Waals surface area contributed by atoms with Gasteiger partial charge in [0.05, 0.1) is 19.9 Å². The summed E-state index contributed by atoms with van der Waals surface area (Å²) in [6.45, 7) is 4.80. The quantitative estimate of drug-likeness (QED) is 0.283. The SMILES string of the molecule is COc1cccc(-c2nnc(SCc3ccc(C(=O)NCC(C)C)cc3)n2-c2ccccc2OC)c1. The van der Waals surface area contributed by atoms with Crippen LogP contribution < -0.4 is 14.8 Å². The lowest BCUT2D eigenvalue weighted by atomic mass is 10.1. The molecule has 1 aromatic heterocycles. The maximum atomic E-state index is 12.3. The predicted molar refractivity (Wildman–Crippen MR) is 143 cm³/mol. The number of nitrogens with one attached hydrogen (secondary N) is 1. The maximum absolute atomic E-state index is 12.3. The van der Waals surface area contributed by atoms with Crippen molar-refractivity contribution in [2.75, 3.05) is 20.8 Å². The normalized spacial score (nSPS) is 10.9. The molecule has 4 aromatic rings. The number of aromatic nitrogens is 3. The van der Waals surface area contributed by atoms with Crippen molar-refractivity contribution in [1.29, 1.82) is 0 Å². The Morgan fingerprint density at radius 3 is 2.47 bits per heavy atom. The molecule has 0 unspecified atom stereocenters. The fourth-order valence-corrected chi connectivity index (χ4v) is 4.54. The fraction of sp³-hybridized carbons (Fsp3) is 0.250. The zero-order chi connectivity index (χ0) is 25.5. The van der Waals surface area contributed by atoms with Gasteiger partial charge < -0.3 is 14.8 Å². The van der Waals surface area contributed by atoms with Gasteiger partial charge in [-0.3, -0.25) is 9.36 Å². The maximum Gasteiger partial charge on any atom is 0.251 e. The van der Waals surface area contributed by atoms with E-state index in [1.54, 1.807) is 26.0 Å². The minimum atomic E-state index is -0.0539. The summed E-state index contributed by atoms with van der Waals surface area (Å²) in [5.74, 6) is 3.18. The van der Waals surface area contributed by atoms with E-state index < -0.39 is 0 Å². The van der Waals surface area contributed by atoms with Crippen LogP contribution in [0.25, 0.3) is 17.1 Å². The van der Waals surface area contributed by atoms with Gasteiger partial charge >= 0.3 is 0 Å². The Labute approximate surface area is 215 Å². The Bertz CT molecular complexity index is 1320. The smallest absolute Gasteiger partial charge is 0.251 e. The molecule has 0 atom stereocenters. The molecule has 0 spiro atoms. The van der Waals surface area contributed by atoms with E-state index in [9.17, 15) is 4.79 Å². The molecule has 4 rings (SSSR count). The van der Waals surface area contributed by atoms with Gasteiger partial charge in [-0.25, -0.2) is 0 Å². The third-order valence-corrected chi connectivity index (χ3v) is 6.54. The van der Waals surface area contributed by atoms with E-state index in [1.165, 1.54) is 0 Å². The molecular formula is C28H30N4O3S. The van der Waals surface area contributed by atoms with E-state index in [0.29, 0.717) is 29.6 Å². The van der Waals surface area contributed by atoms with Gasteiger partial charge in [0.25, 0.3) is 5.91 Å². The van der Waals surface area contributed by atoms with Crippen LogP contribution in [0.3, 0.4) is 0 Å². The minimum absolute atomic E-state index is 0.0539. The molecule has 0 aliphatic heterocycles. The first-order valence-corrected chi connectivity index (χ1v) is 12.7. The Hall–Kier alpha value is -3.78. The van der Waals surface area contributed by atoms with Crippen LogP contribution in [0.5, 0.6) is 11.5 Å². The zero-order valence-electron chi connectivity index (χ0n) is 20.9. The standard InChI is InChI=1S/C28H30N4O3S/c1-19(2)17-29-27(33)21-14-12-20(13-15-21)18-36-28-31-30-26(22-8-7-9-23(16-22)34-3)32(28)24-10-5-6-11-25(24)35-4/h5-16,19H,17-18H2,1-4H3,(H,29,33). The van der Waals surface area contributed by atoms with Crippen LogP contribution in [0.1, 0.15) is 29.8 Å². The molecule has 0 saturated heterocycles. The molecule has 0 bridgehead atoms. The van der Waals surface area contributed by atoms with E-state index >= 15 is 0 Å². The number of carbonyl (C=O) groups excluding carboxylic acids is 1. The van der Waals surface area contributed by atoms with Crippen LogP contribution in [-0.2, 0) is 5.75 Å². The summed E-state index contributed by atoms with van der Waals surface area (Å²) in [6, 6.07) is 23.2. The number of thioether (sulfide) groups is 1. The molecule has 186 valence electrons. The fourth-order valence-electron chi connectivity index (χ4n) is 3.64. The lowest BCUT2D eigenvalue weighted by molar-refractivity contribution is 0.0949. The van der Waals surface area contributed by atoms with Crippen molar-refractivity contribution in [3.05, 3.63) is 83.9 Å². The molecule has 3 aromatic carbocycles. The summed E-state index contributed by atoms with van der Waals surface area (Å²) < 4.78 is 13.1. The Morgan fingerprint density at radius 1 is 0.972 bits per heavy atom. The second kappa shape index (κ2) is 11.8. The highest BCUT2D eigenvalue weighted by Gasteiger charge is 2.19. The number of methoxy groups -OCH3 is 2. The van der Waals surface area contributed by atoms with Crippen molar-refractivity contribution >= 4 is 17.7 Å². The highest BCUT2D eigenvalue weighted by atomic mass is 32.2.